The third-order valence-corrected chi connectivity index (χ3v) is 4.21. The van der Waals surface area contributed by atoms with Crippen LogP contribution >= 0.6 is 11.8 Å². The lowest BCUT2D eigenvalue weighted by Gasteiger charge is -2.22. The van der Waals surface area contributed by atoms with Crippen LogP contribution in [0.5, 0.6) is 0 Å². The van der Waals surface area contributed by atoms with E-state index in [1.807, 2.05) is 11.8 Å². The van der Waals surface area contributed by atoms with Gasteiger partial charge in [0.25, 0.3) is 0 Å². The molecular weight excluding hydrogens is 263 g/mol. The fourth-order valence-electron chi connectivity index (χ4n) is 2.04. The second-order valence-electron chi connectivity index (χ2n) is 4.66. The van der Waals surface area contributed by atoms with Gasteiger partial charge < -0.3 is 10.6 Å². The third kappa shape index (κ3) is 5.20. The number of hydrogen-bond donors (Lipinski definition) is 2. The maximum atomic E-state index is 12.7. The Kier molecular flexibility index (Phi) is 5.66. The van der Waals surface area contributed by atoms with Gasteiger partial charge in [-0.2, -0.15) is 11.8 Å². The molecule has 1 aliphatic rings. The highest BCUT2D eigenvalue weighted by Gasteiger charge is 2.16. The van der Waals surface area contributed by atoms with E-state index >= 15 is 0 Å². The fourth-order valence-corrected chi connectivity index (χ4v) is 2.99. The van der Waals surface area contributed by atoms with Gasteiger partial charge in [-0.15, -0.1) is 0 Å². The normalized spacial score (nSPS) is 19.1. The van der Waals surface area contributed by atoms with E-state index in [2.05, 4.69) is 10.6 Å². The van der Waals surface area contributed by atoms with Crippen molar-refractivity contribution in [1.29, 1.82) is 0 Å². The average molecular weight is 282 g/mol. The largest absolute Gasteiger partial charge is 0.356 e. The number of carbonyl (C=O) groups excluding carboxylic acids is 1. The molecule has 1 heterocycles. The molecule has 0 aromatic heterocycles. The molecule has 1 fully saturated rings. The minimum Gasteiger partial charge on any atom is -0.356 e. The van der Waals surface area contributed by atoms with Gasteiger partial charge in [0.15, 0.2) is 0 Å². The molecule has 1 aromatic carbocycles. The van der Waals surface area contributed by atoms with Crippen molar-refractivity contribution in [2.24, 2.45) is 0 Å². The number of benzene rings is 1. The standard InChI is InChI=1S/C14H19FN2OS/c15-12-3-1-11(2-4-12)5-6-17-14(18)9-13-10-19-8-7-16-13/h1-4,13,16H,5-10H2,(H,17,18). The lowest BCUT2D eigenvalue weighted by Crippen LogP contribution is -2.41. The molecule has 1 saturated heterocycles. The van der Waals surface area contributed by atoms with Gasteiger partial charge in [0.05, 0.1) is 0 Å². The van der Waals surface area contributed by atoms with Crippen LogP contribution in [0.25, 0.3) is 0 Å². The summed E-state index contributed by atoms with van der Waals surface area (Å²) >= 11 is 1.89. The Morgan fingerprint density at radius 3 is 2.89 bits per heavy atom. The Balaban J connectivity index is 1.64. The summed E-state index contributed by atoms with van der Waals surface area (Å²) in [7, 11) is 0. The lowest BCUT2D eigenvalue weighted by atomic mass is 10.1. The number of halogens is 1. The summed E-state index contributed by atoms with van der Waals surface area (Å²) in [6, 6.07) is 6.69. The van der Waals surface area contributed by atoms with Crippen molar-refractivity contribution >= 4 is 17.7 Å². The van der Waals surface area contributed by atoms with Gasteiger partial charge in [-0.05, 0) is 24.1 Å². The first-order valence-corrected chi connectivity index (χ1v) is 7.72. The van der Waals surface area contributed by atoms with Gasteiger partial charge in [-0.25, -0.2) is 4.39 Å². The first-order valence-electron chi connectivity index (χ1n) is 6.56. The molecule has 0 spiro atoms. The zero-order valence-corrected chi connectivity index (χ0v) is 11.6. The Morgan fingerprint density at radius 2 is 2.21 bits per heavy atom. The molecule has 1 atom stereocenters. The Hall–Kier alpha value is -1.07. The monoisotopic (exact) mass is 282 g/mol. The van der Waals surface area contributed by atoms with Crippen molar-refractivity contribution in [2.75, 3.05) is 24.6 Å². The first kappa shape index (κ1) is 14.3. The fraction of sp³-hybridized carbons (Fsp3) is 0.500. The molecular formula is C14H19FN2OS. The molecule has 5 heteroatoms. The number of amides is 1. The molecule has 1 aromatic rings. The van der Waals surface area contributed by atoms with Crippen LogP contribution in [0.4, 0.5) is 4.39 Å². The quantitative estimate of drug-likeness (QED) is 0.861. The Labute approximate surface area is 117 Å². The summed E-state index contributed by atoms with van der Waals surface area (Å²) in [6.45, 7) is 1.59. The van der Waals surface area contributed by atoms with E-state index in [9.17, 15) is 9.18 Å². The minimum absolute atomic E-state index is 0.0853. The van der Waals surface area contributed by atoms with Crippen molar-refractivity contribution in [3.8, 4) is 0 Å². The first-order chi connectivity index (χ1) is 9.24. The number of carbonyl (C=O) groups is 1. The molecule has 3 nitrogen and oxygen atoms in total. The summed E-state index contributed by atoms with van der Waals surface area (Å²) in [6.07, 6.45) is 1.27. The molecule has 1 amide bonds. The van der Waals surface area contributed by atoms with Crippen LogP contribution in [0.2, 0.25) is 0 Å². The summed E-state index contributed by atoms with van der Waals surface area (Å²) < 4.78 is 12.7. The number of hydrogen-bond acceptors (Lipinski definition) is 3. The van der Waals surface area contributed by atoms with Gasteiger partial charge in [0, 0.05) is 37.1 Å². The summed E-state index contributed by atoms with van der Waals surface area (Å²) in [5.41, 5.74) is 1.04. The van der Waals surface area contributed by atoms with E-state index in [1.165, 1.54) is 12.1 Å². The van der Waals surface area contributed by atoms with Crippen molar-refractivity contribution in [1.82, 2.24) is 10.6 Å². The van der Waals surface area contributed by atoms with Crippen molar-refractivity contribution in [3.05, 3.63) is 35.6 Å². The van der Waals surface area contributed by atoms with E-state index in [-0.39, 0.29) is 11.7 Å². The molecule has 2 N–H and O–H groups in total. The number of thioether (sulfide) groups is 1. The van der Waals surface area contributed by atoms with Gasteiger partial charge in [0.2, 0.25) is 5.91 Å². The second-order valence-corrected chi connectivity index (χ2v) is 5.81. The van der Waals surface area contributed by atoms with Crippen molar-refractivity contribution < 1.29 is 9.18 Å². The van der Waals surface area contributed by atoms with Crippen LogP contribution < -0.4 is 10.6 Å². The summed E-state index contributed by atoms with van der Waals surface area (Å²) in [4.78, 5) is 11.7. The zero-order valence-electron chi connectivity index (χ0n) is 10.8. The molecule has 1 aliphatic heterocycles. The van der Waals surface area contributed by atoms with Crippen molar-refractivity contribution in [2.45, 2.75) is 18.9 Å². The molecule has 0 saturated carbocycles. The van der Waals surface area contributed by atoms with E-state index in [0.29, 0.717) is 19.0 Å². The van der Waals surface area contributed by atoms with Crippen LogP contribution in [0.15, 0.2) is 24.3 Å². The van der Waals surface area contributed by atoms with E-state index in [1.54, 1.807) is 12.1 Å². The molecule has 0 aliphatic carbocycles. The third-order valence-electron chi connectivity index (χ3n) is 3.08. The van der Waals surface area contributed by atoms with Crippen LogP contribution in [0.1, 0.15) is 12.0 Å². The Bertz CT molecular complexity index is 404. The minimum atomic E-state index is -0.228. The lowest BCUT2D eigenvalue weighted by molar-refractivity contribution is -0.121. The van der Waals surface area contributed by atoms with Crippen LogP contribution in [-0.4, -0.2) is 36.5 Å². The maximum absolute atomic E-state index is 12.7. The second kappa shape index (κ2) is 7.50. The molecule has 0 radical (unpaired) electrons. The van der Waals surface area contributed by atoms with Crippen LogP contribution in [0, 0.1) is 5.82 Å². The van der Waals surface area contributed by atoms with Gasteiger partial charge in [0.1, 0.15) is 5.82 Å². The summed E-state index contributed by atoms with van der Waals surface area (Å²) in [5.74, 6) is 1.99. The van der Waals surface area contributed by atoms with E-state index in [0.717, 1.165) is 30.0 Å². The van der Waals surface area contributed by atoms with E-state index < -0.39 is 0 Å². The zero-order chi connectivity index (χ0) is 13.5. The predicted octanol–water partition coefficient (Wildman–Crippen LogP) is 1.58. The predicted molar refractivity (Wildman–Crippen MR) is 76.8 cm³/mol. The molecule has 0 bridgehead atoms. The van der Waals surface area contributed by atoms with Crippen molar-refractivity contribution in [3.63, 3.8) is 0 Å². The summed E-state index contributed by atoms with van der Waals surface area (Å²) in [5, 5.41) is 6.25. The number of nitrogens with one attached hydrogen (secondary N) is 2. The van der Waals surface area contributed by atoms with Gasteiger partial charge >= 0.3 is 0 Å². The Morgan fingerprint density at radius 1 is 1.42 bits per heavy atom. The topological polar surface area (TPSA) is 41.1 Å². The van der Waals surface area contributed by atoms with Gasteiger partial charge in [-0.1, -0.05) is 12.1 Å². The molecule has 1 unspecified atom stereocenters. The molecule has 19 heavy (non-hydrogen) atoms. The van der Waals surface area contributed by atoms with Crippen LogP contribution in [0.3, 0.4) is 0 Å². The van der Waals surface area contributed by atoms with Gasteiger partial charge in [-0.3, -0.25) is 4.79 Å². The maximum Gasteiger partial charge on any atom is 0.221 e. The van der Waals surface area contributed by atoms with E-state index in [4.69, 9.17) is 0 Å². The molecule has 2 rings (SSSR count). The molecule has 104 valence electrons. The highest BCUT2D eigenvalue weighted by atomic mass is 32.2. The van der Waals surface area contributed by atoms with Crippen LogP contribution in [-0.2, 0) is 11.2 Å². The SMILES string of the molecule is O=C(CC1CSCCN1)NCCc1ccc(F)cc1. The number of rotatable bonds is 5. The highest BCUT2D eigenvalue weighted by molar-refractivity contribution is 7.99. The highest BCUT2D eigenvalue weighted by Crippen LogP contribution is 2.10. The smallest absolute Gasteiger partial charge is 0.221 e. The average Bonchev–Trinajstić information content (AvgIpc) is 2.42.